The van der Waals surface area contributed by atoms with Crippen molar-refractivity contribution in [3.63, 3.8) is 0 Å². The van der Waals surface area contributed by atoms with Gasteiger partial charge in [0.15, 0.2) is 0 Å². The summed E-state index contributed by atoms with van der Waals surface area (Å²) in [6.07, 6.45) is 1.77. The number of carboxylic acids is 1. The second-order valence-corrected chi connectivity index (χ2v) is 4.37. The summed E-state index contributed by atoms with van der Waals surface area (Å²) in [6.45, 7) is 1.91. The second kappa shape index (κ2) is 3.79. The first-order valence-electron chi connectivity index (χ1n) is 5.30. The standard InChI is InChI=1S/C12H15NO3/c1-8-3-2-4-9(11(15)16)10(8)13-12(7-14)5-6-12/h2-4,13-14H,5-7H2,1H3,(H,15,16). The number of benzene rings is 1. The summed E-state index contributed by atoms with van der Waals surface area (Å²) in [4.78, 5) is 11.1. The normalized spacial score (nSPS) is 16.9. The molecule has 1 aliphatic carbocycles. The maximum Gasteiger partial charge on any atom is 0.337 e. The molecule has 16 heavy (non-hydrogen) atoms. The number of anilines is 1. The van der Waals surface area contributed by atoms with Crippen LogP contribution in [0.25, 0.3) is 0 Å². The Morgan fingerprint density at radius 1 is 1.50 bits per heavy atom. The van der Waals surface area contributed by atoms with E-state index in [0.29, 0.717) is 5.69 Å². The molecule has 0 aromatic heterocycles. The molecule has 0 atom stereocenters. The Kier molecular flexibility index (Phi) is 2.59. The van der Waals surface area contributed by atoms with Crippen LogP contribution in [0, 0.1) is 6.92 Å². The number of rotatable bonds is 4. The van der Waals surface area contributed by atoms with Gasteiger partial charge in [0.2, 0.25) is 0 Å². The lowest BCUT2D eigenvalue weighted by molar-refractivity contribution is 0.0697. The Morgan fingerprint density at radius 3 is 2.69 bits per heavy atom. The van der Waals surface area contributed by atoms with Gasteiger partial charge in [0.05, 0.1) is 23.4 Å². The molecule has 2 rings (SSSR count). The summed E-state index contributed by atoms with van der Waals surface area (Å²) in [7, 11) is 0. The molecular weight excluding hydrogens is 206 g/mol. The highest BCUT2D eigenvalue weighted by Gasteiger charge is 2.42. The summed E-state index contributed by atoms with van der Waals surface area (Å²) in [5.41, 5.74) is 1.48. The molecule has 0 saturated heterocycles. The van der Waals surface area contributed by atoms with Gasteiger partial charge in [-0.2, -0.15) is 0 Å². The predicted octanol–water partition coefficient (Wildman–Crippen LogP) is 1.63. The molecule has 1 saturated carbocycles. The van der Waals surface area contributed by atoms with E-state index in [1.165, 1.54) is 0 Å². The lowest BCUT2D eigenvalue weighted by Gasteiger charge is -2.19. The van der Waals surface area contributed by atoms with Gasteiger partial charge in [-0.3, -0.25) is 0 Å². The van der Waals surface area contributed by atoms with Crippen molar-refractivity contribution in [2.45, 2.75) is 25.3 Å². The molecular formula is C12H15NO3. The van der Waals surface area contributed by atoms with Crippen molar-refractivity contribution >= 4 is 11.7 Å². The Labute approximate surface area is 93.9 Å². The number of aliphatic hydroxyl groups is 1. The van der Waals surface area contributed by atoms with E-state index >= 15 is 0 Å². The zero-order chi connectivity index (χ0) is 11.8. The largest absolute Gasteiger partial charge is 0.478 e. The molecule has 86 valence electrons. The topological polar surface area (TPSA) is 69.6 Å². The number of nitrogens with one attached hydrogen (secondary N) is 1. The quantitative estimate of drug-likeness (QED) is 0.722. The Balaban J connectivity index is 2.35. The fourth-order valence-corrected chi connectivity index (χ4v) is 1.75. The summed E-state index contributed by atoms with van der Waals surface area (Å²) < 4.78 is 0. The van der Waals surface area contributed by atoms with E-state index in [-0.39, 0.29) is 17.7 Å². The SMILES string of the molecule is Cc1cccc(C(=O)O)c1NC1(CO)CC1. The first-order valence-corrected chi connectivity index (χ1v) is 5.30. The van der Waals surface area contributed by atoms with Crippen molar-refractivity contribution in [2.24, 2.45) is 0 Å². The van der Waals surface area contributed by atoms with Crippen LogP contribution in [0.4, 0.5) is 5.69 Å². The number of hydrogen-bond acceptors (Lipinski definition) is 3. The fraction of sp³-hybridized carbons (Fsp3) is 0.417. The third-order valence-electron chi connectivity index (χ3n) is 3.05. The van der Waals surface area contributed by atoms with Gasteiger partial charge < -0.3 is 15.5 Å². The molecule has 0 unspecified atom stereocenters. The third-order valence-corrected chi connectivity index (χ3v) is 3.05. The molecule has 0 bridgehead atoms. The van der Waals surface area contributed by atoms with E-state index in [9.17, 15) is 9.90 Å². The zero-order valence-corrected chi connectivity index (χ0v) is 9.16. The van der Waals surface area contributed by atoms with Gasteiger partial charge in [-0.05, 0) is 31.4 Å². The average Bonchev–Trinajstić information content (AvgIpc) is 3.01. The van der Waals surface area contributed by atoms with Crippen molar-refractivity contribution in [3.05, 3.63) is 29.3 Å². The number of aliphatic hydroxyl groups excluding tert-OH is 1. The van der Waals surface area contributed by atoms with Crippen molar-refractivity contribution in [3.8, 4) is 0 Å². The van der Waals surface area contributed by atoms with Crippen LogP contribution in [0.3, 0.4) is 0 Å². The molecule has 0 aliphatic heterocycles. The Morgan fingerprint density at radius 2 is 2.19 bits per heavy atom. The van der Waals surface area contributed by atoms with Gasteiger partial charge in [-0.25, -0.2) is 4.79 Å². The molecule has 1 aromatic rings. The molecule has 0 radical (unpaired) electrons. The van der Waals surface area contributed by atoms with E-state index in [2.05, 4.69) is 5.32 Å². The van der Waals surface area contributed by atoms with Crippen molar-refractivity contribution in [1.82, 2.24) is 0 Å². The van der Waals surface area contributed by atoms with Crippen LogP contribution < -0.4 is 5.32 Å². The van der Waals surface area contributed by atoms with Crippen LogP contribution >= 0.6 is 0 Å². The molecule has 1 aliphatic rings. The molecule has 1 aromatic carbocycles. The minimum absolute atomic E-state index is 0.0421. The van der Waals surface area contributed by atoms with E-state index in [1.54, 1.807) is 12.1 Å². The molecule has 0 heterocycles. The van der Waals surface area contributed by atoms with Crippen LogP contribution in [0.2, 0.25) is 0 Å². The van der Waals surface area contributed by atoms with Crippen molar-refractivity contribution in [1.29, 1.82) is 0 Å². The van der Waals surface area contributed by atoms with Gasteiger partial charge >= 0.3 is 5.97 Å². The number of carboxylic acid groups (broad SMARTS) is 1. The lowest BCUT2D eigenvalue weighted by atomic mass is 10.1. The zero-order valence-electron chi connectivity index (χ0n) is 9.16. The minimum Gasteiger partial charge on any atom is -0.478 e. The summed E-state index contributed by atoms with van der Waals surface area (Å²) in [6, 6.07) is 5.16. The van der Waals surface area contributed by atoms with Gasteiger partial charge in [-0.15, -0.1) is 0 Å². The van der Waals surface area contributed by atoms with Crippen LogP contribution in [0.15, 0.2) is 18.2 Å². The molecule has 0 spiro atoms. The molecule has 4 heteroatoms. The molecule has 1 fully saturated rings. The fourth-order valence-electron chi connectivity index (χ4n) is 1.75. The average molecular weight is 221 g/mol. The summed E-state index contributed by atoms with van der Waals surface area (Å²) >= 11 is 0. The van der Waals surface area contributed by atoms with E-state index in [0.717, 1.165) is 18.4 Å². The number of aryl methyl sites for hydroxylation is 1. The molecule has 0 amide bonds. The Hall–Kier alpha value is -1.55. The maximum absolute atomic E-state index is 11.1. The first-order chi connectivity index (χ1) is 7.58. The second-order valence-electron chi connectivity index (χ2n) is 4.37. The third kappa shape index (κ3) is 1.88. The van der Waals surface area contributed by atoms with E-state index < -0.39 is 5.97 Å². The highest BCUT2D eigenvalue weighted by molar-refractivity contribution is 5.95. The summed E-state index contributed by atoms with van der Waals surface area (Å²) in [5, 5.41) is 21.5. The first kappa shape index (κ1) is 11.0. The molecule has 4 nitrogen and oxygen atoms in total. The highest BCUT2D eigenvalue weighted by Crippen LogP contribution is 2.39. The number of carbonyl (C=O) groups is 1. The predicted molar refractivity (Wildman–Crippen MR) is 60.8 cm³/mol. The van der Waals surface area contributed by atoms with Crippen LogP contribution in [-0.4, -0.2) is 28.3 Å². The van der Waals surface area contributed by atoms with Gasteiger partial charge in [0.25, 0.3) is 0 Å². The summed E-state index contributed by atoms with van der Waals surface area (Å²) in [5.74, 6) is -0.945. The highest BCUT2D eigenvalue weighted by atomic mass is 16.4. The minimum atomic E-state index is -0.945. The molecule has 3 N–H and O–H groups in total. The van der Waals surface area contributed by atoms with Gasteiger partial charge in [0.1, 0.15) is 0 Å². The lowest BCUT2D eigenvalue weighted by Crippen LogP contribution is -2.27. The van der Waals surface area contributed by atoms with E-state index in [4.69, 9.17) is 5.11 Å². The van der Waals surface area contributed by atoms with Gasteiger partial charge in [-0.1, -0.05) is 12.1 Å². The van der Waals surface area contributed by atoms with E-state index in [1.807, 2.05) is 13.0 Å². The number of hydrogen-bond donors (Lipinski definition) is 3. The number of para-hydroxylation sites is 1. The van der Waals surface area contributed by atoms with Gasteiger partial charge in [0, 0.05) is 0 Å². The monoisotopic (exact) mass is 221 g/mol. The van der Waals surface area contributed by atoms with Crippen LogP contribution in [0.1, 0.15) is 28.8 Å². The number of aromatic carboxylic acids is 1. The van der Waals surface area contributed by atoms with Crippen molar-refractivity contribution in [2.75, 3.05) is 11.9 Å². The van der Waals surface area contributed by atoms with Crippen molar-refractivity contribution < 1.29 is 15.0 Å². The maximum atomic E-state index is 11.1. The van der Waals surface area contributed by atoms with Crippen LogP contribution in [0.5, 0.6) is 0 Å². The Bertz CT molecular complexity index is 424. The smallest absolute Gasteiger partial charge is 0.337 e. The van der Waals surface area contributed by atoms with Crippen LogP contribution in [-0.2, 0) is 0 Å².